The Bertz CT molecular complexity index is 1260. The number of rotatable bonds is 7. The summed E-state index contributed by atoms with van der Waals surface area (Å²) in [5.41, 5.74) is 3.86. The van der Waals surface area contributed by atoms with Crippen LogP contribution in [0.25, 0.3) is 0 Å². The topological polar surface area (TPSA) is 100 Å². The Hall–Kier alpha value is -4.07. The van der Waals surface area contributed by atoms with E-state index < -0.39 is 17.9 Å². The van der Waals surface area contributed by atoms with Crippen LogP contribution < -0.4 is 19.5 Å². The molecule has 0 bridgehead atoms. The molecule has 0 radical (unpaired) electrons. The van der Waals surface area contributed by atoms with E-state index >= 15 is 0 Å². The second kappa shape index (κ2) is 10.7. The third-order valence-electron chi connectivity index (χ3n) is 6.30. The molecular formula is C28H29NO7. The maximum absolute atomic E-state index is 13.5. The van der Waals surface area contributed by atoms with Crippen LogP contribution in [0.1, 0.15) is 50.2 Å². The van der Waals surface area contributed by atoms with Crippen LogP contribution in [-0.4, -0.2) is 31.9 Å². The van der Waals surface area contributed by atoms with E-state index in [0.717, 1.165) is 17.7 Å². The third kappa shape index (κ3) is 5.12. The van der Waals surface area contributed by atoms with E-state index in [1.54, 1.807) is 37.4 Å². The molecule has 0 spiro atoms. The van der Waals surface area contributed by atoms with Crippen molar-refractivity contribution in [2.24, 2.45) is 0 Å². The predicted molar refractivity (Wildman–Crippen MR) is 132 cm³/mol. The Morgan fingerprint density at radius 2 is 1.75 bits per heavy atom. The SMILES string of the molecule is COc1ccc(COC(=O)C2=C(C)NC3=C(C(=O)CCC3)C2c2ccc(OC(C)=O)c(OC)c2)cc1. The van der Waals surface area contributed by atoms with Crippen LogP contribution in [0.3, 0.4) is 0 Å². The van der Waals surface area contributed by atoms with Crippen LogP contribution in [0.15, 0.2) is 65.0 Å². The molecule has 0 saturated heterocycles. The van der Waals surface area contributed by atoms with E-state index in [1.807, 2.05) is 19.1 Å². The quantitative estimate of drug-likeness (QED) is 0.451. The summed E-state index contributed by atoms with van der Waals surface area (Å²) in [6.45, 7) is 3.19. The number of ketones is 1. The first kappa shape index (κ1) is 25.0. The van der Waals surface area contributed by atoms with Crippen LogP contribution in [0.4, 0.5) is 0 Å². The summed E-state index contributed by atoms with van der Waals surface area (Å²) in [6.07, 6.45) is 1.87. The monoisotopic (exact) mass is 491 g/mol. The second-order valence-corrected chi connectivity index (χ2v) is 8.69. The molecule has 1 atom stereocenters. The number of carbonyl (C=O) groups is 3. The smallest absolute Gasteiger partial charge is 0.337 e. The first-order valence-electron chi connectivity index (χ1n) is 11.7. The van der Waals surface area contributed by atoms with Crippen molar-refractivity contribution in [1.29, 1.82) is 0 Å². The molecule has 2 aliphatic rings. The molecule has 0 saturated carbocycles. The molecule has 1 unspecified atom stereocenters. The van der Waals surface area contributed by atoms with Crippen molar-refractivity contribution < 1.29 is 33.3 Å². The van der Waals surface area contributed by atoms with Gasteiger partial charge in [-0.3, -0.25) is 9.59 Å². The second-order valence-electron chi connectivity index (χ2n) is 8.69. The van der Waals surface area contributed by atoms with Gasteiger partial charge in [-0.25, -0.2) is 4.79 Å². The lowest BCUT2D eigenvalue weighted by Crippen LogP contribution is -2.34. The van der Waals surface area contributed by atoms with Crippen LogP contribution in [-0.2, 0) is 25.7 Å². The van der Waals surface area contributed by atoms with Crippen molar-refractivity contribution in [1.82, 2.24) is 5.32 Å². The number of dihydropyridines is 1. The Labute approximate surface area is 209 Å². The zero-order valence-electron chi connectivity index (χ0n) is 20.8. The van der Waals surface area contributed by atoms with Crippen molar-refractivity contribution in [3.05, 3.63) is 76.1 Å². The van der Waals surface area contributed by atoms with Crippen LogP contribution in [0.5, 0.6) is 17.2 Å². The number of allylic oxidation sites excluding steroid dienone is 3. The molecule has 4 rings (SSSR count). The van der Waals surface area contributed by atoms with Gasteiger partial charge >= 0.3 is 11.9 Å². The van der Waals surface area contributed by atoms with Gasteiger partial charge in [0.2, 0.25) is 0 Å². The zero-order chi connectivity index (χ0) is 25.8. The molecule has 1 heterocycles. The molecule has 0 amide bonds. The third-order valence-corrected chi connectivity index (χ3v) is 6.30. The maximum Gasteiger partial charge on any atom is 0.337 e. The average Bonchev–Trinajstić information content (AvgIpc) is 2.87. The van der Waals surface area contributed by atoms with Crippen LogP contribution in [0, 0.1) is 0 Å². The van der Waals surface area contributed by atoms with Gasteiger partial charge in [-0.05, 0) is 55.2 Å². The summed E-state index contributed by atoms with van der Waals surface area (Å²) in [5, 5.41) is 3.28. The summed E-state index contributed by atoms with van der Waals surface area (Å²) in [5.74, 6) is -0.349. The molecule has 1 aliphatic carbocycles. The number of esters is 2. The number of Topliss-reactive ketones (excluding diaryl/α,β-unsaturated/α-hetero) is 1. The number of methoxy groups -OCH3 is 2. The van der Waals surface area contributed by atoms with E-state index in [0.29, 0.717) is 46.7 Å². The summed E-state index contributed by atoms with van der Waals surface area (Å²) < 4.78 is 21.6. The first-order chi connectivity index (χ1) is 17.3. The van der Waals surface area contributed by atoms with Crippen molar-refractivity contribution in [3.63, 3.8) is 0 Å². The number of ether oxygens (including phenoxy) is 4. The summed E-state index contributed by atoms with van der Waals surface area (Å²) >= 11 is 0. The van der Waals surface area contributed by atoms with Gasteiger partial charge in [0.25, 0.3) is 0 Å². The van der Waals surface area contributed by atoms with Crippen molar-refractivity contribution in [2.45, 2.75) is 45.6 Å². The highest BCUT2D eigenvalue weighted by Gasteiger charge is 2.39. The van der Waals surface area contributed by atoms with Crippen molar-refractivity contribution in [3.8, 4) is 17.2 Å². The number of carbonyl (C=O) groups excluding carboxylic acids is 3. The molecule has 1 N–H and O–H groups in total. The van der Waals surface area contributed by atoms with E-state index in [4.69, 9.17) is 18.9 Å². The lowest BCUT2D eigenvalue weighted by molar-refractivity contribution is -0.140. The maximum atomic E-state index is 13.5. The number of hydrogen-bond acceptors (Lipinski definition) is 8. The highest BCUT2D eigenvalue weighted by atomic mass is 16.6. The Balaban J connectivity index is 1.71. The molecule has 2 aromatic rings. The summed E-state index contributed by atoms with van der Waals surface area (Å²) in [6, 6.07) is 12.3. The number of benzene rings is 2. The van der Waals surface area contributed by atoms with Gasteiger partial charge < -0.3 is 24.3 Å². The highest BCUT2D eigenvalue weighted by Crippen LogP contribution is 2.44. The molecule has 0 fully saturated rings. The molecule has 188 valence electrons. The summed E-state index contributed by atoms with van der Waals surface area (Å²) in [4.78, 5) is 38.1. The minimum atomic E-state index is -0.641. The number of nitrogens with one attached hydrogen (secondary N) is 1. The fraction of sp³-hybridized carbons (Fsp3) is 0.321. The molecule has 2 aromatic carbocycles. The Morgan fingerprint density at radius 1 is 1.00 bits per heavy atom. The Morgan fingerprint density at radius 3 is 2.42 bits per heavy atom. The van der Waals surface area contributed by atoms with Gasteiger partial charge in [0.1, 0.15) is 12.4 Å². The van der Waals surface area contributed by atoms with E-state index in [2.05, 4.69) is 5.32 Å². The largest absolute Gasteiger partial charge is 0.497 e. The minimum Gasteiger partial charge on any atom is -0.497 e. The van der Waals surface area contributed by atoms with Gasteiger partial charge in [0.05, 0.1) is 19.8 Å². The van der Waals surface area contributed by atoms with Gasteiger partial charge in [0.15, 0.2) is 17.3 Å². The fourth-order valence-electron chi connectivity index (χ4n) is 4.64. The van der Waals surface area contributed by atoms with Gasteiger partial charge in [0, 0.05) is 36.2 Å². The van der Waals surface area contributed by atoms with Gasteiger partial charge in [-0.15, -0.1) is 0 Å². The molecule has 1 aliphatic heterocycles. The average molecular weight is 492 g/mol. The van der Waals surface area contributed by atoms with E-state index in [1.165, 1.54) is 14.0 Å². The van der Waals surface area contributed by atoms with Gasteiger partial charge in [-0.2, -0.15) is 0 Å². The minimum absolute atomic E-state index is 0.00951. The standard InChI is InChI=1S/C28H29NO7/c1-16-25(28(32)35-15-18-8-11-20(33-3)12-9-18)26(27-21(29-16)6-5-7-22(27)31)19-10-13-23(36-17(2)30)24(14-19)34-4/h8-14,26,29H,5-7,15H2,1-4H3. The molecule has 8 nitrogen and oxygen atoms in total. The number of hydrogen-bond donors (Lipinski definition) is 1. The molecule has 36 heavy (non-hydrogen) atoms. The van der Waals surface area contributed by atoms with E-state index in [9.17, 15) is 14.4 Å². The normalized spacial score (nSPS) is 17.2. The van der Waals surface area contributed by atoms with Crippen molar-refractivity contribution >= 4 is 17.7 Å². The lowest BCUT2D eigenvalue weighted by atomic mass is 9.75. The predicted octanol–water partition coefficient (Wildman–Crippen LogP) is 4.34. The van der Waals surface area contributed by atoms with E-state index in [-0.39, 0.29) is 18.1 Å². The van der Waals surface area contributed by atoms with Crippen LogP contribution in [0.2, 0.25) is 0 Å². The molecular weight excluding hydrogens is 462 g/mol. The fourth-order valence-corrected chi connectivity index (χ4v) is 4.64. The Kier molecular flexibility index (Phi) is 7.43. The van der Waals surface area contributed by atoms with Gasteiger partial charge in [-0.1, -0.05) is 18.2 Å². The highest BCUT2D eigenvalue weighted by molar-refractivity contribution is 6.03. The molecule has 0 aromatic heterocycles. The summed E-state index contributed by atoms with van der Waals surface area (Å²) in [7, 11) is 3.06. The zero-order valence-corrected chi connectivity index (χ0v) is 20.8. The van der Waals surface area contributed by atoms with Crippen molar-refractivity contribution in [2.75, 3.05) is 14.2 Å². The first-order valence-corrected chi connectivity index (χ1v) is 11.7. The lowest BCUT2D eigenvalue weighted by Gasteiger charge is -2.34. The molecule has 8 heteroatoms. The van der Waals surface area contributed by atoms with Crippen LogP contribution >= 0.6 is 0 Å².